The number of aromatic nitrogens is 1. The van der Waals surface area contributed by atoms with Gasteiger partial charge >= 0.3 is 0 Å². The molecule has 0 radical (unpaired) electrons. The van der Waals surface area contributed by atoms with Gasteiger partial charge in [0.1, 0.15) is 17.0 Å². The molecule has 0 saturated heterocycles. The highest BCUT2D eigenvalue weighted by atomic mass is 35.5. The summed E-state index contributed by atoms with van der Waals surface area (Å²) in [5.74, 6) is -0.567. The highest BCUT2D eigenvalue weighted by Crippen LogP contribution is 2.30. The lowest BCUT2D eigenvalue weighted by atomic mass is 10.1. The summed E-state index contributed by atoms with van der Waals surface area (Å²) in [6.07, 6.45) is 0.858. The average molecular weight is 404 g/mol. The fourth-order valence-corrected chi connectivity index (χ4v) is 3.93. The first-order valence-corrected chi connectivity index (χ1v) is 9.53. The number of nitrogens with one attached hydrogen (secondary N) is 2. The zero-order valence-electron chi connectivity index (χ0n) is 15.1. The molecule has 1 aromatic carbocycles. The van der Waals surface area contributed by atoms with Gasteiger partial charge in [0, 0.05) is 10.4 Å². The summed E-state index contributed by atoms with van der Waals surface area (Å²) in [4.78, 5) is 26.6. The second-order valence-corrected chi connectivity index (χ2v) is 7.46. The lowest BCUT2D eigenvalue weighted by Crippen LogP contribution is -2.41. The molecule has 140 valence electrons. The third kappa shape index (κ3) is 3.89. The standard InChI is InChI=1S/C19H18ClN3O3S/c1-4-14-10(2)9-15(27-14)18(24)21-22-19(25)16-11(3)26-23-17(16)12-7-5-6-8-13(12)20/h5-9H,4H2,1-3H3,(H,21,24)(H,22,25). The Balaban J connectivity index is 1.78. The van der Waals surface area contributed by atoms with Crippen molar-refractivity contribution in [3.63, 3.8) is 0 Å². The number of carbonyl (C=O) groups is 2. The predicted octanol–water partition coefficient (Wildman–Crippen LogP) is 4.31. The average Bonchev–Trinajstić information content (AvgIpc) is 3.22. The van der Waals surface area contributed by atoms with E-state index in [4.69, 9.17) is 16.1 Å². The maximum atomic E-state index is 12.6. The van der Waals surface area contributed by atoms with Crippen LogP contribution >= 0.6 is 22.9 Å². The van der Waals surface area contributed by atoms with E-state index in [1.165, 1.54) is 11.3 Å². The molecule has 0 atom stereocenters. The quantitative estimate of drug-likeness (QED) is 0.635. The first-order chi connectivity index (χ1) is 12.9. The Bertz CT molecular complexity index is 1010. The number of hydrogen-bond donors (Lipinski definition) is 2. The highest BCUT2D eigenvalue weighted by molar-refractivity contribution is 7.14. The van der Waals surface area contributed by atoms with Gasteiger partial charge in [0.15, 0.2) is 0 Å². The molecule has 2 heterocycles. The molecule has 0 fully saturated rings. The van der Waals surface area contributed by atoms with Gasteiger partial charge in [-0.1, -0.05) is 41.9 Å². The number of amides is 2. The molecule has 6 nitrogen and oxygen atoms in total. The van der Waals surface area contributed by atoms with Gasteiger partial charge in [-0.05, 0) is 38.0 Å². The normalized spacial score (nSPS) is 10.7. The minimum atomic E-state index is -0.527. The van der Waals surface area contributed by atoms with E-state index in [1.54, 1.807) is 31.2 Å². The van der Waals surface area contributed by atoms with Gasteiger partial charge in [0.25, 0.3) is 11.8 Å². The zero-order valence-corrected chi connectivity index (χ0v) is 16.6. The van der Waals surface area contributed by atoms with Gasteiger partial charge in [0.05, 0.1) is 9.90 Å². The van der Waals surface area contributed by atoms with E-state index < -0.39 is 5.91 Å². The van der Waals surface area contributed by atoms with Crippen molar-refractivity contribution < 1.29 is 14.1 Å². The molecule has 0 unspecified atom stereocenters. The number of halogens is 1. The van der Waals surface area contributed by atoms with Crippen LogP contribution in [0, 0.1) is 13.8 Å². The van der Waals surface area contributed by atoms with Crippen LogP contribution in [0.2, 0.25) is 5.02 Å². The Labute approximate surface area is 165 Å². The SMILES string of the molecule is CCc1sc(C(=O)NNC(=O)c2c(-c3ccccc3Cl)noc2C)cc1C. The van der Waals surface area contributed by atoms with Crippen molar-refractivity contribution in [2.45, 2.75) is 27.2 Å². The smallest absolute Gasteiger partial charge is 0.279 e. The molecule has 8 heteroatoms. The van der Waals surface area contributed by atoms with Crippen molar-refractivity contribution in [2.24, 2.45) is 0 Å². The minimum absolute atomic E-state index is 0.222. The lowest BCUT2D eigenvalue weighted by molar-refractivity contribution is 0.0848. The predicted molar refractivity (Wildman–Crippen MR) is 105 cm³/mol. The zero-order chi connectivity index (χ0) is 19.6. The molecule has 0 aliphatic rings. The second kappa shape index (κ2) is 7.94. The van der Waals surface area contributed by atoms with Gasteiger partial charge in [-0.25, -0.2) is 0 Å². The van der Waals surface area contributed by atoms with Crippen LogP contribution in [0.5, 0.6) is 0 Å². The van der Waals surface area contributed by atoms with E-state index in [2.05, 4.69) is 16.0 Å². The molecule has 0 spiro atoms. The molecule has 2 amide bonds. The maximum Gasteiger partial charge on any atom is 0.279 e. The maximum absolute atomic E-state index is 12.6. The molecule has 27 heavy (non-hydrogen) atoms. The van der Waals surface area contributed by atoms with Gasteiger partial charge < -0.3 is 4.52 Å². The Hall–Kier alpha value is -2.64. The topological polar surface area (TPSA) is 84.2 Å². The van der Waals surface area contributed by atoms with Crippen molar-refractivity contribution in [1.82, 2.24) is 16.0 Å². The number of hydrogen-bond acceptors (Lipinski definition) is 5. The van der Waals surface area contributed by atoms with Gasteiger partial charge in [-0.3, -0.25) is 20.4 Å². The summed E-state index contributed by atoms with van der Waals surface area (Å²) in [7, 11) is 0. The summed E-state index contributed by atoms with van der Waals surface area (Å²) < 4.78 is 5.17. The summed E-state index contributed by atoms with van der Waals surface area (Å²) in [5.41, 5.74) is 7.06. The Morgan fingerprint density at radius 2 is 1.89 bits per heavy atom. The second-order valence-electron chi connectivity index (χ2n) is 5.92. The van der Waals surface area contributed by atoms with E-state index in [9.17, 15) is 9.59 Å². The first kappa shape index (κ1) is 19.1. The molecule has 0 bridgehead atoms. The third-order valence-corrected chi connectivity index (χ3v) is 5.78. The monoisotopic (exact) mass is 403 g/mol. The van der Waals surface area contributed by atoms with Crippen LogP contribution in [0.25, 0.3) is 11.3 Å². The Morgan fingerprint density at radius 3 is 2.56 bits per heavy atom. The molecule has 2 aromatic heterocycles. The van der Waals surface area contributed by atoms with Crippen molar-refractivity contribution in [3.8, 4) is 11.3 Å². The Kier molecular flexibility index (Phi) is 5.62. The summed E-state index contributed by atoms with van der Waals surface area (Å²) >= 11 is 7.61. The van der Waals surface area contributed by atoms with Crippen molar-refractivity contribution in [2.75, 3.05) is 0 Å². The van der Waals surface area contributed by atoms with E-state index >= 15 is 0 Å². The van der Waals surface area contributed by atoms with E-state index in [-0.39, 0.29) is 11.5 Å². The molecule has 2 N–H and O–H groups in total. The summed E-state index contributed by atoms with van der Waals surface area (Å²) in [6.45, 7) is 5.62. The van der Waals surface area contributed by atoms with E-state index in [0.29, 0.717) is 26.9 Å². The Morgan fingerprint density at radius 1 is 1.19 bits per heavy atom. The number of nitrogens with zero attached hydrogens (tertiary/aromatic N) is 1. The molecule has 3 rings (SSSR count). The van der Waals surface area contributed by atoms with Crippen LogP contribution < -0.4 is 10.9 Å². The van der Waals surface area contributed by atoms with Crippen LogP contribution in [-0.4, -0.2) is 17.0 Å². The molecule has 0 aliphatic heterocycles. The van der Waals surface area contributed by atoms with Crippen molar-refractivity contribution >= 4 is 34.8 Å². The number of hydrazine groups is 1. The van der Waals surface area contributed by atoms with Crippen LogP contribution in [0.4, 0.5) is 0 Å². The van der Waals surface area contributed by atoms with Crippen LogP contribution in [0.3, 0.4) is 0 Å². The molecular formula is C19H18ClN3O3S. The van der Waals surface area contributed by atoms with E-state index in [1.807, 2.05) is 19.9 Å². The molecule has 0 aliphatic carbocycles. The van der Waals surface area contributed by atoms with Crippen LogP contribution in [0.15, 0.2) is 34.9 Å². The van der Waals surface area contributed by atoms with Crippen LogP contribution in [0.1, 0.15) is 43.2 Å². The molecular weight excluding hydrogens is 386 g/mol. The first-order valence-electron chi connectivity index (χ1n) is 8.33. The van der Waals surface area contributed by atoms with Gasteiger partial charge in [-0.2, -0.15) is 0 Å². The van der Waals surface area contributed by atoms with Crippen molar-refractivity contribution in [3.05, 3.63) is 62.0 Å². The van der Waals surface area contributed by atoms with Gasteiger partial charge in [-0.15, -0.1) is 11.3 Å². The van der Waals surface area contributed by atoms with Crippen LogP contribution in [-0.2, 0) is 6.42 Å². The summed E-state index contributed by atoms with van der Waals surface area (Å²) in [5, 5.41) is 4.40. The summed E-state index contributed by atoms with van der Waals surface area (Å²) in [6, 6.07) is 8.83. The molecule has 3 aromatic rings. The highest BCUT2D eigenvalue weighted by Gasteiger charge is 2.23. The fourth-order valence-electron chi connectivity index (χ4n) is 2.70. The number of thiophene rings is 1. The lowest BCUT2D eigenvalue weighted by Gasteiger charge is -2.07. The number of aryl methyl sites for hydroxylation is 3. The number of benzene rings is 1. The van der Waals surface area contributed by atoms with Gasteiger partial charge in [0.2, 0.25) is 0 Å². The van der Waals surface area contributed by atoms with E-state index in [0.717, 1.165) is 16.9 Å². The molecule has 0 saturated carbocycles. The largest absolute Gasteiger partial charge is 0.360 e. The number of carbonyl (C=O) groups excluding carboxylic acids is 2. The van der Waals surface area contributed by atoms with Crippen molar-refractivity contribution in [1.29, 1.82) is 0 Å². The third-order valence-electron chi connectivity index (χ3n) is 4.07. The fraction of sp³-hybridized carbons (Fsp3) is 0.211. The minimum Gasteiger partial charge on any atom is -0.360 e. The number of rotatable bonds is 4.